The van der Waals surface area contributed by atoms with Crippen molar-refractivity contribution in [2.24, 2.45) is 0 Å². The first-order chi connectivity index (χ1) is 20.4. The Labute approximate surface area is 249 Å². The van der Waals surface area contributed by atoms with Gasteiger partial charge in [-0.05, 0) is 84.1 Å². The lowest BCUT2D eigenvalue weighted by Gasteiger charge is -2.24. The first-order valence-corrected chi connectivity index (χ1v) is 15.3. The molecule has 0 amide bonds. The number of rotatable bonds is 8. The van der Waals surface area contributed by atoms with Crippen LogP contribution in [0.1, 0.15) is 25.0 Å². The van der Waals surface area contributed by atoms with Crippen molar-refractivity contribution in [1.29, 1.82) is 0 Å². The molecule has 0 unspecified atom stereocenters. The number of pyridine rings is 1. The van der Waals surface area contributed by atoms with Gasteiger partial charge in [-0.3, -0.25) is 15.1 Å². The SMILES string of the molecule is CC(C)(c1cc(-c2cccc(-c3ccc(C=CC(=O)Oc4ccc([N+](=O)[O-])cc4)cc3)c2)c2ncccc2c1)S(C)(=O)=O. The second kappa shape index (κ2) is 11.6. The molecular formula is C34H28N2O6S. The Kier molecular flexibility index (Phi) is 7.93. The fourth-order valence-corrected chi connectivity index (χ4v) is 5.12. The predicted octanol–water partition coefficient (Wildman–Crippen LogP) is 7.38. The minimum absolute atomic E-state index is 0.0876. The number of esters is 1. The van der Waals surface area contributed by atoms with Crippen molar-refractivity contribution >= 4 is 38.5 Å². The number of non-ortho nitro benzene ring substituents is 1. The van der Waals surface area contributed by atoms with Crippen LogP contribution in [-0.4, -0.2) is 30.6 Å². The third kappa shape index (κ3) is 6.37. The second-order valence-corrected chi connectivity index (χ2v) is 13.2. The lowest BCUT2D eigenvalue weighted by molar-refractivity contribution is -0.384. The normalized spacial score (nSPS) is 12.0. The Morgan fingerprint density at radius 3 is 2.26 bits per heavy atom. The summed E-state index contributed by atoms with van der Waals surface area (Å²) in [7, 11) is -3.39. The van der Waals surface area contributed by atoms with Gasteiger partial charge >= 0.3 is 5.97 Å². The number of carbonyl (C=O) groups excluding carboxylic acids is 1. The molecule has 0 radical (unpaired) electrons. The van der Waals surface area contributed by atoms with Crippen molar-refractivity contribution < 1.29 is 22.9 Å². The minimum Gasteiger partial charge on any atom is -0.423 e. The highest BCUT2D eigenvalue weighted by molar-refractivity contribution is 7.91. The summed E-state index contributed by atoms with van der Waals surface area (Å²) in [6, 6.07) is 28.5. The van der Waals surface area contributed by atoms with Crippen LogP contribution in [0, 0.1) is 10.1 Å². The van der Waals surface area contributed by atoms with Crippen molar-refractivity contribution in [3.8, 4) is 28.0 Å². The molecule has 0 saturated carbocycles. The van der Waals surface area contributed by atoms with Gasteiger partial charge < -0.3 is 4.74 Å². The third-order valence-electron chi connectivity index (χ3n) is 7.42. The summed E-state index contributed by atoms with van der Waals surface area (Å²) in [4.78, 5) is 27.1. The zero-order chi connectivity index (χ0) is 30.8. The molecule has 43 heavy (non-hydrogen) atoms. The van der Waals surface area contributed by atoms with Crippen molar-refractivity contribution in [2.45, 2.75) is 18.6 Å². The van der Waals surface area contributed by atoms with Gasteiger partial charge in [-0.2, -0.15) is 0 Å². The molecule has 0 bridgehead atoms. The van der Waals surface area contributed by atoms with E-state index in [9.17, 15) is 23.3 Å². The Morgan fingerprint density at radius 2 is 1.58 bits per heavy atom. The van der Waals surface area contributed by atoms with Crippen LogP contribution in [0.4, 0.5) is 5.69 Å². The molecule has 8 nitrogen and oxygen atoms in total. The summed E-state index contributed by atoms with van der Waals surface area (Å²) in [6.45, 7) is 3.43. The van der Waals surface area contributed by atoms with Gasteiger partial charge in [0.15, 0.2) is 9.84 Å². The van der Waals surface area contributed by atoms with E-state index >= 15 is 0 Å². The number of ether oxygens (including phenoxy) is 1. The van der Waals surface area contributed by atoms with Crippen LogP contribution >= 0.6 is 0 Å². The molecule has 5 rings (SSSR count). The van der Waals surface area contributed by atoms with E-state index < -0.39 is 25.5 Å². The van der Waals surface area contributed by atoms with Crippen LogP contribution in [0.5, 0.6) is 5.75 Å². The molecule has 5 aromatic rings. The van der Waals surface area contributed by atoms with E-state index in [-0.39, 0.29) is 11.4 Å². The van der Waals surface area contributed by atoms with Gasteiger partial charge in [-0.1, -0.05) is 48.5 Å². The topological polar surface area (TPSA) is 116 Å². The maximum Gasteiger partial charge on any atom is 0.336 e. The van der Waals surface area contributed by atoms with Gasteiger partial charge in [0, 0.05) is 41.6 Å². The molecular weight excluding hydrogens is 564 g/mol. The monoisotopic (exact) mass is 592 g/mol. The number of aromatic nitrogens is 1. The fourth-order valence-electron chi connectivity index (χ4n) is 4.58. The molecule has 1 heterocycles. The average Bonchev–Trinajstić information content (AvgIpc) is 2.99. The van der Waals surface area contributed by atoms with Crippen molar-refractivity contribution in [3.63, 3.8) is 0 Å². The molecule has 0 aliphatic heterocycles. The second-order valence-electron chi connectivity index (χ2n) is 10.6. The van der Waals surface area contributed by atoms with Crippen LogP contribution < -0.4 is 4.74 Å². The molecule has 0 saturated heterocycles. The maximum absolute atomic E-state index is 12.6. The summed E-state index contributed by atoms with van der Waals surface area (Å²) in [5.74, 6) is -0.392. The van der Waals surface area contributed by atoms with Gasteiger partial charge in [0.2, 0.25) is 0 Å². The number of nitro benzene ring substituents is 1. The Hall–Kier alpha value is -5.15. The number of hydrogen-bond acceptors (Lipinski definition) is 7. The first-order valence-electron chi connectivity index (χ1n) is 13.4. The zero-order valence-corrected chi connectivity index (χ0v) is 24.5. The molecule has 0 aliphatic carbocycles. The van der Waals surface area contributed by atoms with Crippen LogP contribution in [0.3, 0.4) is 0 Å². The lowest BCUT2D eigenvalue weighted by atomic mass is 9.92. The van der Waals surface area contributed by atoms with Crippen LogP contribution in [0.15, 0.2) is 109 Å². The van der Waals surface area contributed by atoms with Crippen molar-refractivity contribution in [3.05, 3.63) is 131 Å². The van der Waals surface area contributed by atoms with Gasteiger partial charge in [0.1, 0.15) is 5.75 Å². The van der Waals surface area contributed by atoms with E-state index in [0.29, 0.717) is 5.56 Å². The van der Waals surface area contributed by atoms with Gasteiger partial charge in [0.05, 0.1) is 15.2 Å². The van der Waals surface area contributed by atoms with E-state index in [4.69, 9.17) is 4.74 Å². The number of nitro groups is 1. The number of carbonyl (C=O) groups is 1. The quantitative estimate of drug-likeness (QED) is 0.0607. The van der Waals surface area contributed by atoms with Crippen LogP contribution in [0.2, 0.25) is 0 Å². The Bertz CT molecular complexity index is 1980. The van der Waals surface area contributed by atoms with Gasteiger partial charge in [0.25, 0.3) is 5.69 Å². The lowest BCUT2D eigenvalue weighted by Crippen LogP contribution is -2.28. The molecule has 0 N–H and O–H groups in total. The smallest absolute Gasteiger partial charge is 0.336 e. The Morgan fingerprint density at radius 1 is 0.884 bits per heavy atom. The number of hydrogen-bond donors (Lipinski definition) is 0. The molecule has 0 spiro atoms. The molecule has 1 aromatic heterocycles. The minimum atomic E-state index is -3.39. The van der Waals surface area contributed by atoms with E-state index in [1.807, 2.05) is 72.8 Å². The highest BCUT2D eigenvalue weighted by Crippen LogP contribution is 2.37. The summed E-state index contributed by atoms with van der Waals surface area (Å²) < 4.78 is 29.4. The van der Waals surface area contributed by atoms with Gasteiger partial charge in [-0.15, -0.1) is 0 Å². The van der Waals surface area contributed by atoms with E-state index in [1.165, 1.54) is 36.6 Å². The zero-order valence-electron chi connectivity index (χ0n) is 23.7. The fraction of sp³-hybridized carbons (Fsp3) is 0.118. The molecule has 4 aromatic carbocycles. The highest BCUT2D eigenvalue weighted by atomic mass is 32.2. The molecule has 9 heteroatoms. The van der Waals surface area contributed by atoms with Crippen LogP contribution in [-0.2, 0) is 19.4 Å². The number of fused-ring (bicyclic) bond motifs is 1. The number of benzene rings is 4. The highest BCUT2D eigenvalue weighted by Gasteiger charge is 2.33. The summed E-state index contributed by atoms with van der Waals surface area (Å²) in [5.41, 5.74) is 5.85. The largest absolute Gasteiger partial charge is 0.423 e. The third-order valence-corrected chi connectivity index (χ3v) is 9.51. The maximum atomic E-state index is 12.6. The Balaban J connectivity index is 1.39. The number of sulfone groups is 1. The van der Waals surface area contributed by atoms with Gasteiger partial charge in [-0.25, -0.2) is 13.2 Å². The predicted molar refractivity (Wildman–Crippen MR) is 168 cm³/mol. The first kappa shape index (κ1) is 29.3. The summed E-state index contributed by atoms with van der Waals surface area (Å²) in [6.07, 6.45) is 5.90. The van der Waals surface area contributed by atoms with Crippen molar-refractivity contribution in [2.75, 3.05) is 6.26 Å². The molecule has 0 atom stereocenters. The summed E-state index contributed by atoms with van der Waals surface area (Å²) in [5, 5.41) is 11.6. The van der Waals surface area contributed by atoms with E-state index in [1.54, 1.807) is 26.1 Å². The molecule has 0 aliphatic rings. The number of nitrogens with zero attached hydrogens (tertiary/aromatic N) is 2. The summed E-state index contributed by atoms with van der Waals surface area (Å²) >= 11 is 0. The molecule has 0 fully saturated rings. The molecule has 216 valence electrons. The van der Waals surface area contributed by atoms with Crippen LogP contribution in [0.25, 0.3) is 39.2 Å². The van der Waals surface area contributed by atoms with E-state index in [2.05, 4.69) is 4.98 Å². The van der Waals surface area contributed by atoms with Crippen molar-refractivity contribution in [1.82, 2.24) is 4.98 Å². The standard InChI is InChI=1S/C34H28N2O6S/c1-34(2,43(3,40)41)28-21-27-8-5-19-35-33(27)31(22-28)26-7-4-6-25(20-26)24-12-9-23(10-13-24)11-18-32(37)42-30-16-14-29(15-17-30)36(38)39/h4-22H,1-3H3. The van der Waals surface area contributed by atoms with E-state index in [0.717, 1.165) is 38.7 Å². The average molecular weight is 593 g/mol.